The Balaban J connectivity index is 2.46. The monoisotopic (exact) mass is 231 g/mol. The van der Waals surface area contributed by atoms with Crippen molar-refractivity contribution in [3.63, 3.8) is 0 Å². The van der Waals surface area contributed by atoms with Gasteiger partial charge in [0.05, 0.1) is 5.71 Å². The minimum atomic E-state index is 0.0678. The first-order valence-corrected chi connectivity index (χ1v) is 5.19. The van der Waals surface area contributed by atoms with Gasteiger partial charge in [-0.15, -0.1) is 0 Å². The maximum Gasteiger partial charge on any atom is 0.125 e. The van der Waals surface area contributed by atoms with E-state index in [1.54, 1.807) is 12.1 Å². The number of phenolic OH excluding ortho intramolecular Hbond substituents is 1. The third-order valence-corrected chi connectivity index (χ3v) is 2.53. The van der Waals surface area contributed by atoms with Gasteiger partial charge in [0.1, 0.15) is 5.75 Å². The molecule has 3 heteroatoms. The summed E-state index contributed by atoms with van der Waals surface area (Å²) in [6.07, 6.45) is 0. The van der Waals surface area contributed by atoms with Crippen LogP contribution in [0.4, 0.5) is 0 Å². The second kappa shape index (κ2) is 4.37. The summed E-state index contributed by atoms with van der Waals surface area (Å²) >= 11 is 5.84. The molecule has 0 spiro atoms. The smallest absolute Gasteiger partial charge is 0.125 e. The Morgan fingerprint density at radius 2 is 1.75 bits per heavy atom. The lowest BCUT2D eigenvalue weighted by atomic mass is 10.0. The summed E-state index contributed by atoms with van der Waals surface area (Å²) in [7, 11) is 0. The molecule has 0 aliphatic rings. The van der Waals surface area contributed by atoms with Crippen LogP contribution in [0.3, 0.4) is 0 Å². The lowest BCUT2D eigenvalue weighted by Crippen LogP contribution is -2.01. The molecule has 2 aromatic rings. The van der Waals surface area contributed by atoms with E-state index in [-0.39, 0.29) is 11.5 Å². The van der Waals surface area contributed by atoms with Gasteiger partial charge in [0.2, 0.25) is 0 Å². The number of halogens is 1. The first kappa shape index (κ1) is 10.7. The van der Waals surface area contributed by atoms with E-state index in [0.29, 0.717) is 10.6 Å². The predicted molar refractivity (Wildman–Crippen MR) is 65.5 cm³/mol. The lowest BCUT2D eigenvalue weighted by Gasteiger charge is -2.07. The maximum atomic E-state index is 9.67. The fraction of sp³-hybridized carbons (Fsp3) is 0. The largest absolute Gasteiger partial charge is 0.507 e. The SMILES string of the molecule is N=C(c1ccccc1)c1cc(Cl)ccc1O. The van der Waals surface area contributed by atoms with E-state index in [0.717, 1.165) is 5.56 Å². The molecule has 0 aliphatic carbocycles. The molecule has 0 saturated carbocycles. The molecular formula is C13H10ClNO. The van der Waals surface area contributed by atoms with Crippen LogP contribution in [0.15, 0.2) is 48.5 Å². The van der Waals surface area contributed by atoms with Crippen molar-refractivity contribution >= 4 is 17.3 Å². The zero-order chi connectivity index (χ0) is 11.5. The summed E-state index contributed by atoms with van der Waals surface area (Å²) in [5.41, 5.74) is 1.46. The van der Waals surface area contributed by atoms with Crippen LogP contribution in [-0.4, -0.2) is 10.8 Å². The highest BCUT2D eigenvalue weighted by atomic mass is 35.5. The highest BCUT2D eigenvalue weighted by Gasteiger charge is 2.09. The standard InChI is InChI=1S/C13H10ClNO/c14-10-6-7-12(16)11(8-10)13(15)9-4-2-1-3-5-9/h1-8,15-16H. The normalized spacial score (nSPS) is 10.1. The van der Waals surface area contributed by atoms with E-state index < -0.39 is 0 Å². The molecule has 0 fully saturated rings. The molecule has 0 saturated heterocycles. The maximum absolute atomic E-state index is 9.67. The van der Waals surface area contributed by atoms with Gasteiger partial charge in [0.25, 0.3) is 0 Å². The Hall–Kier alpha value is -1.80. The molecule has 2 N–H and O–H groups in total. The minimum absolute atomic E-state index is 0.0678. The first-order valence-electron chi connectivity index (χ1n) is 4.81. The van der Waals surface area contributed by atoms with E-state index in [4.69, 9.17) is 17.0 Å². The molecule has 0 atom stereocenters. The van der Waals surface area contributed by atoms with Gasteiger partial charge in [0, 0.05) is 16.1 Å². The van der Waals surface area contributed by atoms with Crippen LogP contribution in [0.5, 0.6) is 5.75 Å². The van der Waals surface area contributed by atoms with E-state index >= 15 is 0 Å². The van der Waals surface area contributed by atoms with Crippen molar-refractivity contribution in [1.82, 2.24) is 0 Å². The molecule has 80 valence electrons. The number of hydrogen-bond donors (Lipinski definition) is 2. The number of phenols is 1. The lowest BCUT2D eigenvalue weighted by molar-refractivity contribution is 0.474. The Bertz CT molecular complexity index is 523. The van der Waals surface area contributed by atoms with Crippen LogP contribution in [0.25, 0.3) is 0 Å². The van der Waals surface area contributed by atoms with Gasteiger partial charge in [-0.2, -0.15) is 0 Å². The zero-order valence-corrected chi connectivity index (χ0v) is 9.20. The molecule has 0 aromatic heterocycles. The van der Waals surface area contributed by atoms with Crippen molar-refractivity contribution in [3.05, 3.63) is 64.7 Å². The first-order chi connectivity index (χ1) is 7.68. The summed E-state index contributed by atoms with van der Waals surface area (Å²) in [6.45, 7) is 0. The van der Waals surface area contributed by atoms with Crippen molar-refractivity contribution in [2.75, 3.05) is 0 Å². The Morgan fingerprint density at radius 3 is 2.44 bits per heavy atom. The average Bonchev–Trinajstić information content (AvgIpc) is 2.32. The van der Waals surface area contributed by atoms with Crippen molar-refractivity contribution < 1.29 is 5.11 Å². The van der Waals surface area contributed by atoms with Crippen LogP contribution in [0.2, 0.25) is 5.02 Å². The van der Waals surface area contributed by atoms with Crippen molar-refractivity contribution in [1.29, 1.82) is 5.41 Å². The number of hydrogen-bond acceptors (Lipinski definition) is 2. The fourth-order valence-electron chi connectivity index (χ4n) is 1.47. The molecule has 2 aromatic carbocycles. The number of rotatable bonds is 2. The van der Waals surface area contributed by atoms with E-state index in [2.05, 4.69) is 0 Å². The minimum Gasteiger partial charge on any atom is -0.507 e. The summed E-state index contributed by atoms with van der Waals surface area (Å²) in [4.78, 5) is 0. The molecule has 0 amide bonds. The molecule has 0 heterocycles. The number of aromatic hydroxyl groups is 1. The van der Waals surface area contributed by atoms with Crippen LogP contribution in [0, 0.1) is 5.41 Å². The quantitative estimate of drug-likeness (QED) is 0.764. The van der Waals surface area contributed by atoms with Crippen molar-refractivity contribution in [3.8, 4) is 5.75 Å². The second-order valence-electron chi connectivity index (χ2n) is 3.40. The molecule has 0 aliphatic heterocycles. The van der Waals surface area contributed by atoms with Crippen LogP contribution >= 0.6 is 11.6 Å². The average molecular weight is 232 g/mol. The third kappa shape index (κ3) is 2.07. The van der Waals surface area contributed by atoms with Crippen molar-refractivity contribution in [2.45, 2.75) is 0 Å². The highest BCUT2D eigenvalue weighted by Crippen LogP contribution is 2.23. The molecule has 2 rings (SSSR count). The molecule has 2 nitrogen and oxygen atoms in total. The van der Waals surface area contributed by atoms with Gasteiger partial charge < -0.3 is 5.11 Å². The third-order valence-electron chi connectivity index (χ3n) is 2.29. The van der Waals surface area contributed by atoms with Gasteiger partial charge in [0.15, 0.2) is 0 Å². The predicted octanol–water partition coefficient (Wildman–Crippen LogP) is 3.46. The second-order valence-corrected chi connectivity index (χ2v) is 3.84. The summed E-state index contributed by atoms with van der Waals surface area (Å²) in [5.74, 6) is 0.0678. The fourth-order valence-corrected chi connectivity index (χ4v) is 1.64. The van der Waals surface area contributed by atoms with Crippen LogP contribution in [0.1, 0.15) is 11.1 Å². The summed E-state index contributed by atoms with van der Waals surface area (Å²) in [5, 5.41) is 18.2. The molecule has 0 bridgehead atoms. The van der Waals surface area contributed by atoms with Crippen molar-refractivity contribution in [2.24, 2.45) is 0 Å². The van der Waals surface area contributed by atoms with Crippen LogP contribution in [-0.2, 0) is 0 Å². The Labute approximate surface area is 98.6 Å². The molecule has 16 heavy (non-hydrogen) atoms. The van der Waals surface area contributed by atoms with E-state index in [1.165, 1.54) is 6.07 Å². The number of nitrogens with one attached hydrogen (secondary N) is 1. The van der Waals surface area contributed by atoms with Gasteiger partial charge in [-0.25, -0.2) is 0 Å². The number of benzene rings is 2. The Kier molecular flexibility index (Phi) is 2.93. The van der Waals surface area contributed by atoms with Gasteiger partial charge in [-0.05, 0) is 18.2 Å². The zero-order valence-electron chi connectivity index (χ0n) is 8.44. The molecule has 0 unspecified atom stereocenters. The van der Waals surface area contributed by atoms with Gasteiger partial charge >= 0.3 is 0 Å². The summed E-state index contributed by atoms with van der Waals surface area (Å²) < 4.78 is 0. The molecule has 0 radical (unpaired) electrons. The van der Waals surface area contributed by atoms with Crippen LogP contribution < -0.4 is 0 Å². The Morgan fingerprint density at radius 1 is 1.06 bits per heavy atom. The topological polar surface area (TPSA) is 44.1 Å². The molecular weight excluding hydrogens is 222 g/mol. The van der Waals surface area contributed by atoms with E-state index in [9.17, 15) is 5.11 Å². The van der Waals surface area contributed by atoms with E-state index in [1.807, 2.05) is 30.3 Å². The summed E-state index contributed by atoms with van der Waals surface area (Å²) in [6, 6.07) is 13.9. The van der Waals surface area contributed by atoms with Gasteiger partial charge in [-0.3, -0.25) is 5.41 Å². The van der Waals surface area contributed by atoms with Gasteiger partial charge in [-0.1, -0.05) is 41.9 Å². The highest BCUT2D eigenvalue weighted by molar-refractivity contribution is 6.31.